The number of rotatable bonds is 23. The van der Waals surface area contributed by atoms with Crippen LogP contribution in [0.2, 0.25) is 0 Å². The minimum absolute atomic E-state index is 0.162. The molecule has 0 aromatic heterocycles. The fourth-order valence-corrected chi connectivity index (χ4v) is 3.47. The second-order valence-electron chi connectivity index (χ2n) is 9.18. The highest BCUT2D eigenvalue weighted by Crippen LogP contribution is 2.09. The van der Waals surface area contributed by atoms with Gasteiger partial charge in [-0.25, -0.2) is 0 Å². The van der Waals surface area contributed by atoms with Gasteiger partial charge in [0.15, 0.2) is 0 Å². The highest BCUT2D eigenvalue weighted by Gasteiger charge is 1.96. The van der Waals surface area contributed by atoms with E-state index in [1.54, 1.807) is 0 Å². The summed E-state index contributed by atoms with van der Waals surface area (Å²) in [7, 11) is 0. The van der Waals surface area contributed by atoms with Crippen molar-refractivity contribution in [2.24, 2.45) is 0 Å². The van der Waals surface area contributed by atoms with E-state index in [9.17, 15) is 9.59 Å². The lowest BCUT2D eigenvalue weighted by molar-refractivity contribution is -0.141. The van der Waals surface area contributed by atoms with E-state index in [4.69, 9.17) is 9.84 Å². The summed E-state index contributed by atoms with van der Waals surface area (Å²) in [5.41, 5.74) is 0. The number of carbonyl (C=O) groups excluding carboxylic acids is 1. The van der Waals surface area contributed by atoms with E-state index in [1.807, 2.05) is 0 Å². The molecule has 0 atom stereocenters. The number of allylic oxidation sites excluding steroid dienone is 4. The molecule has 0 spiro atoms. The van der Waals surface area contributed by atoms with Crippen LogP contribution in [0.1, 0.15) is 149 Å². The molecule has 0 saturated carbocycles. The van der Waals surface area contributed by atoms with Gasteiger partial charge in [0.05, 0.1) is 6.61 Å². The highest BCUT2D eigenvalue weighted by atomic mass is 16.5. The van der Waals surface area contributed by atoms with Gasteiger partial charge in [0.1, 0.15) is 0 Å². The van der Waals surface area contributed by atoms with Crippen molar-refractivity contribution in [3.63, 3.8) is 0 Å². The van der Waals surface area contributed by atoms with Crippen molar-refractivity contribution in [1.82, 2.24) is 0 Å². The quantitative estimate of drug-likeness (QED) is 0.0898. The predicted octanol–water partition coefficient (Wildman–Crippen LogP) is 9.57. The van der Waals surface area contributed by atoms with Gasteiger partial charge in [0.2, 0.25) is 0 Å². The molecule has 0 radical (unpaired) electrons. The fourth-order valence-electron chi connectivity index (χ4n) is 3.47. The van der Waals surface area contributed by atoms with Crippen LogP contribution < -0.4 is 0 Å². The van der Waals surface area contributed by atoms with Crippen LogP contribution in [0.25, 0.3) is 0 Å². The van der Waals surface area contributed by atoms with Crippen molar-refractivity contribution in [2.45, 2.75) is 149 Å². The molecule has 0 unspecified atom stereocenters. The zero-order chi connectivity index (χ0) is 25.5. The van der Waals surface area contributed by atoms with Gasteiger partial charge in [-0.05, 0) is 51.4 Å². The van der Waals surface area contributed by atoms with E-state index in [0.29, 0.717) is 13.0 Å². The maximum absolute atomic E-state index is 10.5. The number of ether oxygens (including phenoxy) is 1. The molecule has 0 aromatic carbocycles. The molecule has 0 rings (SSSR count). The van der Waals surface area contributed by atoms with E-state index < -0.39 is 5.97 Å². The molecule has 0 aliphatic carbocycles. The molecule has 0 amide bonds. The van der Waals surface area contributed by atoms with Crippen LogP contribution in [-0.2, 0) is 14.3 Å². The summed E-state index contributed by atoms with van der Waals surface area (Å²) in [5.74, 6) is -0.830. The largest absolute Gasteiger partial charge is 0.481 e. The summed E-state index contributed by atoms with van der Waals surface area (Å²) in [6.45, 7) is 6.50. The Morgan fingerprint density at radius 3 is 1.38 bits per heavy atom. The van der Waals surface area contributed by atoms with Crippen molar-refractivity contribution in [1.29, 1.82) is 0 Å². The Balaban J connectivity index is 0. The standard InChI is InChI=1S/C16H30O2.C14H26O2/c1-3-4-5-6-7-8-9-10-11-12-13-14-15-18-16(2)17;1-2-3-4-5-6-7-8-9-10-11-12-13-14(15)16/h6-7H,3-5,8-15H2,1-2H3;5-6H,2-4,7-13H2,1H3,(H,15,16)/b7-6+;6-5-. The van der Waals surface area contributed by atoms with Gasteiger partial charge < -0.3 is 9.84 Å². The average Bonchev–Trinajstić information content (AvgIpc) is 2.80. The molecule has 0 heterocycles. The van der Waals surface area contributed by atoms with Crippen LogP contribution in [0.15, 0.2) is 24.3 Å². The summed E-state index contributed by atoms with van der Waals surface area (Å²) < 4.78 is 4.89. The lowest BCUT2D eigenvalue weighted by atomic mass is 10.1. The monoisotopic (exact) mass is 480 g/mol. The molecule has 0 aromatic rings. The molecule has 0 fully saturated rings. The highest BCUT2D eigenvalue weighted by molar-refractivity contribution is 5.66. The third-order valence-corrected chi connectivity index (χ3v) is 5.61. The van der Waals surface area contributed by atoms with Gasteiger partial charge in [-0.3, -0.25) is 9.59 Å². The van der Waals surface area contributed by atoms with E-state index >= 15 is 0 Å². The maximum Gasteiger partial charge on any atom is 0.303 e. The Kier molecular flexibility index (Phi) is 32.0. The number of carboxylic acids is 1. The number of hydrogen-bond donors (Lipinski definition) is 1. The molecule has 0 aliphatic heterocycles. The number of unbranched alkanes of at least 4 members (excludes halogenated alkanes) is 15. The number of hydrogen-bond acceptors (Lipinski definition) is 3. The average molecular weight is 481 g/mol. The van der Waals surface area contributed by atoms with Crippen LogP contribution in [0, 0.1) is 0 Å². The first-order valence-electron chi connectivity index (χ1n) is 14.2. The van der Waals surface area contributed by atoms with Gasteiger partial charge in [0.25, 0.3) is 0 Å². The van der Waals surface area contributed by atoms with Crippen LogP contribution in [0.5, 0.6) is 0 Å². The minimum Gasteiger partial charge on any atom is -0.481 e. The molecule has 0 saturated heterocycles. The topological polar surface area (TPSA) is 63.6 Å². The zero-order valence-corrected chi connectivity index (χ0v) is 22.8. The Morgan fingerprint density at radius 1 is 0.588 bits per heavy atom. The summed E-state index contributed by atoms with van der Waals surface area (Å²) in [4.78, 5) is 20.8. The first-order chi connectivity index (χ1) is 16.5. The first-order valence-corrected chi connectivity index (χ1v) is 14.2. The molecular weight excluding hydrogens is 424 g/mol. The number of aliphatic carboxylic acids is 1. The van der Waals surface area contributed by atoms with Gasteiger partial charge in [0, 0.05) is 13.3 Å². The van der Waals surface area contributed by atoms with Crippen molar-refractivity contribution in [2.75, 3.05) is 6.61 Å². The molecule has 34 heavy (non-hydrogen) atoms. The van der Waals surface area contributed by atoms with E-state index in [0.717, 1.165) is 19.3 Å². The summed E-state index contributed by atoms with van der Waals surface area (Å²) >= 11 is 0. The van der Waals surface area contributed by atoms with Crippen molar-refractivity contribution >= 4 is 11.9 Å². The summed E-state index contributed by atoms with van der Waals surface area (Å²) in [6.07, 6.45) is 32.6. The SMILES string of the molecule is CCCC/C=C/CCCCCCCCOC(C)=O.CCCC/C=C\CCCCCCCC(=O)O. The van der Waals surface area contributed by atoms with Gasteiger partial charge >= 0.3 is 11.9 Å². The molecule has 4 heteroatoms. The zero-order valence-electron chi connectivity index (χ0n) is 22.8. The molecule has 4 nitrogen and oxygen atoms in total. The third kappa shape index (κ3) is 37.7. The Labute approximate surface area is 211 Å². The van der Waals surface area contributed by atoms with Crippen LogP contribution in [0.4, 0.5) is 0 Å². The fraction of sp³-hybridized carbons (Fsp3) is 0.800. The molecule has 1 N–H and O–H groups in total. The van der Waals surface area contributed by atoms with Gasteiger partial charge in [-0.15, -0.1) is 0 Å². The van der Waals surface area contributed by atoms with Gasteiger partial charge in [-0.2, -0.15) is 0 Å². The van der Waals surface area contributed by atoms with E-state index in [-0.39, 0.29) is 5.97 Å². The van der Waals surface area contributed by atoms with Crippen LogP contribution in [-0.4, -0.2) is 23.7 Å². The second-order valence-corrected chi connectivity index (χ2v) is 9.18. The van der Waals surface area contributed by atoms with Gasteiger partial charge in [-0.1, -0.05) is 109 Å². The number of carbonyl (C=O) groups is 2. The Hall–Kier alpha value is -1.58. The molecular formula is C30H56O4. The van der Waals surface area contributed by atoms with E-state index in [2.05, 4.69) is 38.2 Å². The predicted molar refractivity (Wildman–Crippen MR) is 146 cm³/mol. The van der Waals surface area contributed by atoms with Crippen molar-refractivity contribution in [3.05, 3.63) is 24.3 Å². The number of carboxylic acid groups (broad SMARTS) is 1. The first kappa shape index (κ1) is 34.6. The van der Waals surface area contributed by atoms with Crippen LogP contribution in [0.3, 0.4) is 0 Å². The van der Waals surface area contributed by atoms with E-state index in [1.165, 1.54) is 110 Å². The summed E-state index contributed by atoms with van der Waals surface area (Å²) in [6, 6.07) is 0. The maximum atomic E-state index is 10.5. The number of esters is 1. The smallest absolute Gasteiger partial charge is 0.303 e. The lowest BCUT2D eigenvalue weighted by Crippen LogP contribution is -1.99. The molecule has 0 bridgehead atoms. The molecule has 200 valence electrons. The minimum atomic E-state index is -0.668. The Morgan fingerprint density at radius 2 is 0.971 bits per heavy atom. The van der Waals surface area contributed by atoms with Crippen molar-refractivity contribution < 1.29 is 19.4 Å². The second kappa shape index (κ2) is 31.4. The third-order valence-electron chi connectivity index (χ3n) is 5.61. The molecule has 0 aliphatic rings. The van der Waals surface area contributed by atoms with Crippen molar-refractivity contribution in [3.8, 4) is 0 Å². The summed E-state index contributed by atoms with van der Waals surface area (Å²) in [5, 5.41) is 8.45. The lowest BCUT2D eigenvalue weighted by Gasteiger charge is -2.02. The van der Waals surface area contributed by atoms with Crippen LogP contribution >= 0.6 is 0 Å². The Bertz CT molecular complexity index is 482. The normalized spacial score (nSPS) is 11.0.